The molecule has 4 aromatic rings. The Morgan fingerprint density at radius 3 is 1.97 bits per heavy atom. The highest BCUT2D eigenvalue weighted by Crippen LogP contribution is 2.28. The summed E-state index contributed by atoms with van der Waals surface area (Å²) in [5, 5.41) is 9.22. The summed E-state index contributed by atoms with van der Waals surface area (Å²) in [7, 11) is 1.62. The summed E-state index contributed by atoms with van der Waals surface area (Å²) >= 11 is 1.36. The van der Waals surface area contributed by atoms with E-state index in [4.69, 9.17) is 4.74 Å². The van der Waals surface area contributed by atoms with E-state index >= 15 is 0 Å². The zero-order valence-electron chi connectivity index (χ0n) is 17.1. The Kier molecular flexibility index (Phi) is 6.76. The molecule has 4 rings (SSSR count). The molecule has 6 nitrogen and oxygen atoms in total. The first-order chi connectivity index (χ1) is 15.3. The lowest BCUT2D eigenvalue weighted by Crippen LogP contribution is -2.27. The minimum Gasteiger partial charge on any atom is -0.377 e. The molecule has 3 aromatic carbocycles. The molecule has 0 fully saturated rings. The number of amides is 1. The van der Waals surface area contributed by atoms with Crippen LogP contribution in [0.15, 0.2) is 96.2 Å². The van der Waals surface area contributed by atoms with Crippen LogP contribution < -0.4 is 4.90 Å². The smallest absolute Gasteiger partial charge is 0.242 e. The Morgan fingerprint density at radius 1 is 0.871 bits per heavy atom. The molecule has 0 saturated heterocycles. The number of rotatable bonds is 8. The van der Waals surface area contributed by atoms with Crippen molar-refractivity contribution in [2.24, 2.45) is 0 Å². The zero-order chi connectivity index (χ0) is 21.5. The first kappa shape index (κ1) is 20.8. The highest BCUT2D eigenvalue weighted by atomic mass is 32.2. The third kappa shape index (κ3) is 4.84. The summed E-state index contributed by atoms with van der Waals surface area (Å²) in [5.74, 6) is 0.854. The van der Waals surface area contributed by atoms with Crippen LogP contribution in [0.1, 0.15) is 5.82 Å². The zero-order valence-corrected chi connectivity index (χ0v) is 17.9. The lowest BCUT2D eigenvalue weighted by molar-refractivity contribution is -0.115. The summed E-state index contributed by atoms with van der Waals surface area (Å²) in [6.45, 7) is 0.330. The van der Waals surface area contributed by atoms with E-state index in [1.807, 2.05) is 95.6 Å². The number of aromatic nitrogens is 3. The summed E-state index contributed by atoms with van der Waals surface area (Å²) in [4.78, 5) is 15.0. The van der Waals surface area contributed by atoms with Crippen molar-refractivity contribution < 1.29 is 9.53 Å². The van der Waals surface area contributed by atoms with Crippen LogP contribution in [0.25, 0.3) is 5.69 Å². The van der Waals surface area contributed by atoms with E-state index in [9.17, 15) is 4.79 Å². The Morgan fingerprint density at radius 2 is 1.42 bits per heavy atom. The first-order valence-corrected chi connectivity index (χ1v) is 10.8. The first-order valence-electron chi connectivity index (χ1n) is 9.82. The number of para-hydroxylation sites is 3. The van der Waals surface area contributed by atoms with Crippen molar-refractivity contribution in [3.05, 3.63) is 96.8 Å². The van der Waals surface area contributed by atoms with Crippen molar-refractivity contribution in [1.29, 1.82) is 0 Å². The summed E-state index contributed by atoms with van der Waals surface area (Å²) < 4.78 is 7.20. The van der Waals surface area contributed by atoms with Crippen molar-refractivity contribution in [3.63, 3.8) is 0 Å². The van der Waals surface area contributed by atoms with E-state index in [1.54, 1.807) is 12.0 Å². The SMILES string of the molecule is COCc1nnc(SCC(=O)N(c2ccccc2)c2ccccc2)n1-c1ccccc1. The molecule has 0 saturated carbocycles. The monoisotopic (exact) mass is 430 g/mol. The summed E-state index contributed by atoms with van der Waals surface area (Å²) in [6, 6.07) is 29.1. The molecule has 156 valence electrons. The van der Waals surface area contributed by atoms with E-state index in [2.05, 4.69) is 10.2 Å². The predicted molar refractivity (Wildman–Crippen MR) is 123 cm³/mol. The van der Waals surface area contributed by atoms with Crippen molar-refractivity contribution in [2.75, 3.05) is 17.8 Å². The predicted octanol–water partition coefficient (Wildman–Crippen LogP) is 4.87. The van der Waals surface area contributed by atoms with E-state index < -0.39 is 0 Å². The van der Waals surface area contributed by atoms with Gasteiger partial charge in [-0.2, -0.15) is 0 Å². The number of nitrogens with zero attached hydrogens (tertiary/aromatic N) is 4. The van der Waals surface area contributed by atoms with Crippen LogP contribution in [0.5, 0.6) is 0 Å². The van der Waals surface area contributed by atoms with Crippen LogP contribution >= 0.6 is 11.8 Å². The second kappa shape index (κ2) is 10.1. The number of carbonyl (C=O) groups excluding carboxylic acids is 1. The Balaban J connectivity index is 1.60. The maximum Gasteiger partial charge on any atom is 0.242 e. The van der Waals surface area contributed by atoms with Crippen LogP contribution in [0, 0.1) is 0 Å². The number of thioether (sulfide) groups is 1. The third-order valence-electron chi connectivity index (χ3n) is 4.59. The number of methoxy groups -OCH3 is 1. The molecule has 1 aromatic heterocycles. The summed E-state index contributed by atoms with van der Waals surface area (Å²) in [6.07, 6.45) is 0. The van der Waals surface area contributed by atoms with Gasteiger partial charge in [-0.15, -0.1) is 10.2 Å². The molecule has 0 unspecified atom stereocenters. The van der Waals surface area contributed by atoms with Gasteiger partial charge in [0.25, 0.3) is 0 Å². The Labute approximate surface area is 185 Å². The molecule has 7 heteroatoms. The number of carbonyl (C=O) groups is 1. The highest BCUT2D eigenvalue weighted by molar-refractivity contribution is 7.99. The van der Waals surface area contributed by atoms with E-state index in [1.165, 1.54) is 11.8 Å². The quantitative estimate of drug-likeness (QED) is 0.373. The molecule has 0 atom stereocenters. The van der Waals surface area contributed by atoms with Gasteiger partial charge in [0.2, 0.25) is 5.91 Å². The minimum absolute atomic E-state index is 0.0432. The second-order valence-electron chi connectivity index (χ2n) is 6.69. The van der Waals surface area contributed by atoms with E-state index in [0.717, 1.165) is 17.1 Å². The topological polar surface area (TPSA) is 60.3 Å². The van der Waals surface area contributed by atoms with E-state index in [-0.39, 0.29) is 11.7 Å². The van der Waals surface area contributed by atoms with Gasteiger partial charge in [0.1, 0.15) is 6.61 Å². The van der Waals surface area contributed by atoms with Gasteiger partial charge in [0.15, 0.2) is 11.0 Å². The third-order valence-corrected chi connectivity index (χ3v) is 5.50. The molecular weight excluding hydrogens is 408 g/mol. The molecule has 1 amide bonds. The minimum atomic E-state index is -0.0432. The molecule has 0 bridgehead atoms. The average Bonchev–Trinajstić information content (AvgIpc) is 3.22. The van der Waals surface area contributed by atoms with E-state index in [0.29, 0.717) is 17.6 Å². The Bertz CT molecular complexity index is 1080. The fourth-order valence-corrected chi connectivity index (χ4v) is 4.05. The van der Waals surface area contributed by atoms with Gasteiger partial charge < -0.3 is 4.74 Å². The fourth-order valence-electron chi connectivity index (χ4n) is 3.23. The number of hydrogen-bond donors (Lipinski definition) is 0. The van der Waals surface area contributed by atoms with Gasteiger partial charge in [0, 0.05) is 24.2 Å². The van der Waals surface area contributed by atoms with Crippen LogP contribution in [0.3, 0.4) is 0 Å². The number of ether oxygens (including phenoxy) is 1. The van der Waals surface area contributed by atoms with Crippen molar-refractivity contribution in [1.82, 2.24) is 14.8 Å². The van der Waals surface area contributed by atoms with Crippen molar-refractivity contribution >= 4 is 29.0 Å². The maximum atomic E-state index is 13.3. The summed E-state index contributed by atoms with van der Waals surface area (Å²) in [5.41, 5.74) is 2.57. The molecule has 0 aliphatic rings. The highest BCUT2D eigenvalue weighted by Gasteiger charge is 2.21. The van der Waals surface area contributed by atoms with Crippen LogP contribution in [0.2, 0.25) is 0 Å². The fraction of sp³-hybridized carbons (Fsp3) is 0.125. The molecule has 0 spiro atoms. The lowest BCUT2D eigenvalue weighted by atomic mass is 10.2. The van der Waals surface area contributed by atoms with Gasteiger partial charge in [-0.25, -0.2) is 0 Å². The largest absolute Gasteiger partial charge is 0.377 e. The molecule has 0 aliphatic heterocycles. The van der Waals surface area contributed by atoms with Gasteiger partial charge in [-0.05, 0) is 36.4 Å². The molecule has 1 heterocycles. The van der Waals surface area contributed by atoms with Crippen molar-refractivity contribution in [2.45, 2.75) is 11.8 Å². The normalized spacial score (nSPS) is 10.7. The van der Waals surface area contributed by atoms with Gasteiger partial charge in [0.05, 0.1) is 5.75 Å². The van der Waals surface area contributed by atoms with Gasteiger partial charge in [-0.1, -0.05) is 66.4 Å². The molecule has 0 N–H and O–H groups in total. The van der Waals surface area contributed by atoms with Crippen LogP contribution in [-0.2, 0) is 16.1 Å². The lowest BCUT2D eigenvalue weighted by Gasteiger charge is -2.23. The maximum absolute atomic E-state index is 13.3. The number of anilines is 2. The van der Waals surface area contributed by atoms with Crippen LogP contribution in [-0.4, -0.2) is 33.5 Å². The number of hydrogen-bond acceptors (Lipinski definition) is 5. The Hall–Kier alpha value is -3.42. The number of benzene rings is 3. The molecule has 0 radical (unpaired) electrons. The molecule has 0 aliphatic carbocycles. The van der Waals surface area contributed by atoms with Crippen LogP contribution in [0.4, 0.5) is 11.4 Å². The van der Waals surface area contributed by atoms with Gasteiger partial charge >= 0.3 is 0 Å². The standard InChI is InChI=1S/C24H22N4O2S/c1-30-17-22-25-26-24(28(22)21-15-9-4-10-16-21)31-18-23(29)27(19-11-5-2-6-12-19)20-13-7-3-8-14-20/h2-16H,17-18H2,1H3. The van der Waals surface area contributed by atoms with Crippen molar-refractivity contribution in [3.8, 4) is 5.69 Å². The molecular formula is C24H22N4O2S. The van der Waals surface area contributed by atoms with Gasteiger partial charge in [-0.3, -0.25) is 14.3 Å². The second-order valence-corrected chi connectivity index (χ2v) is 7.63. The molecule has 31 heavy (non-hydrogen) atoms. The average molecular weight is 431 g/mol.